The second-order valence-electron chi connectivity index (χ2n) is 7.73. The van der Waals surface area contributed by atoms with Crippen LogP contribution in [0.5, 0.6) is 0 Å². The highest BCUT2D eigenvalue weighted by molar-refractivity contribution is 5.78. The van der Waals surface area contributed by atoms with Crippen molar-refractivity contribution in [3.63, 3.8) is 0 Å². The van der Waals surface area contributed by atoms with Crippen molar-refractivity contribution in [2.75, 3.05) is 20.1 Å². The van der Waals surface area contributed by atoms with Gasteiger partial charge in [-0.15, -0.1) is 0 Å². The van der Waals surface area contributed by atoms with Crippen molar-refractivity contribution in [1.82, 2.24) is 24.6 Å². The summed E-state index contributed by atoms with van der Waals surface area (Å²) in [7, 11) is 1.94. The fraction of sp³-hybridized carbons (Fsp3) is 0.550. The van der Waals surface area contributed by atoms with Gasteiger partial charge in [0.2, 0.25) is 5.91 Å². The molecule has 1 fully saturated rings. The molecule has 1 amide bonds. The molecule has 0 unspecified atom stereocenters. The Morgan fingerprint density at radius 2 is 2.22 bits per heavy atom. The zero-order valence-corrected chi connectivity index (χ0v) is 15.8. The number of nitrogens with zero attached hydrogens (tertiary/aromatic N) is 5. The fourth-order valence-electron chi connectivity index (χ4n) is 3.65. The summed E-state index contributed by atoms with van der Waals surface area (Å²) in [6.45, 7) is 3.10. The molecule has 7 nitrogen and oxygen atoms in total. The van der Waals surface area contributed by atoms with Crippen molar-refractivity contribution in [1.29, 1.82) is 0 Å². The van der Waals surface area contributed by atoms with Crippen LogP contribution in [0.15, 0.2) is 30.5 Å². The molecule has 2 aliphatic rings. The van der Waals surface area contributed by atoms with Gasteiger partial charge in [-0.05, 0) is 50.4 Å². The maximum absolute atomic E-state index is 12.8. The van der Waals surface area contributed by atoms with E-state index in [9.17, 15) is 9.90 Å². The van der Waals surface area contributed by atoms with Crippen LogP contribution in [0.2, 0.25) is 0 Å². The molecule has 2 aromatic rings. The van der Waals surface area contributed by atoms with E-state index in [0.717, 1.165) is 49.4 Å². The minimum absolute atomic E-state index is 0.118. The molecule has 0 saturated heterocycles. The summed E-state index contributed by atoms with van der Waals surface area (Å²) < 4.78 is 1.96. The lowest BCUT2D eigenvalue weighted by Gasteiger charge is -2.23. The van der Waals surface area contributed by atoms with Gasteiger partial charge in [0.15, 0.2) is 0 Å². The van der Waals surface area contributed by atoms with Crippen LogP contribution in [0.3, 0.4) is 0 Å². The predicted octanol–water partition coefficient (Wildman–Crippen LogP) is 1.59. The SMILES string of the molecule is CN(CC(=O)N1CCCn2nc([C@H](O)C3CC3)cc2C1)Cc1ccccn1. The number of fused-ring (bicyclic) bond motifs is 1. The van der Waals surface area contributed by atoms with Crippen LogP contribution in [0, 0.1) is 5.92 Å². The van der Waals surface area contributed by atoms with E-state index in [1.165, 1.54) is 0 Å². The highest BCUT2D eigenvalue weighted by Gasteiger charge is 2.33. The first kappa shape index (κ1) is 18.1. The standard InChI is InChI=1S/C20H27N5O2/c1-23(12-16-5-2-3-8-21-16)14-19(26)24-9-4-10-25-17(13-24)11-18(22-25)20(27)15-6-7-15/h2-3,5,8,11,15,20,27H,4,6-7,9-10,12-14H2,1H3/t20-/m1/s1. The number of aromatic nitrogens is 3. The van der Waals surface area contributed by atoms with Crippen LogP contribution in [-0.4, -0.2) is 55.7 Å². The maximum atomic E-state index is 12.8. The lowest BCUT2D eigenvalue weighted by atomic mass is 10.1. The summed E-state index contributed by atoms with van der Waals surface area (Å²) in [4.78, 5) is 21.0. The molecule has 0 bridgehead atoms. The Kier molecular flexibility index (Phi) is 5.22. The van der Waals surface area contributed by atoms with Gasteiger partial charge < -0.3 is 10.0 Å². The van der Waals surface area contributed by atoms with E-state index >= 15 is 0 Å². The molecule has 1 N–H and O–H groups in total. The van der Waals surface area contributed by atoms with E-state index in [4.69, 9.17) is 0 Å². The zero-order valence-electron chi connectivity index (χ0n) is 15.8. The first-order valence-electron chi connectivity index (χ1n) is 9.71. The average Bonchev–Trinajstić information content (AvgIpc) is 3.46. The van der Waals surface area contributed by atoms with E-state index in [-0.39, 0.29) is 5.91 Å². The monoisotopic (exact) mass is 369 g/mol. The van der Waals surface area contributed by atoms with Crippen molar-refractivity contribution in [2.45, 2.75) is 45.0 Å². The summed E-state index contributed by atoms with van der Waals surface area (Å²) in [5, 5.41) is 14.9. The molecule has 1 saturated carbocycles. The minimum atomic E-state index is -0.460. The van der Waals surface area contributed by atoms with Gasteiger partial charge in [-0.3, -0.25) is 19.4 Å². The van der Waals surface area contributed by atoms with E-state index < -0.39 is 6.10 Å². The quantitative estimate of drug-likeness (QED) is 0.837. The Hall–Kier alpha value is -2.25. The molecular weight excluding hydrogens is 342 g/mol. The number of likely N-dealkylation sites (N-methyl/N-ethyl adjacent to an activating group) is 1. The molecule has 0 radical (unpaired) electrons. The molecule has 4 rings (SSSR count). The fourth-order valence-corrected chi connectivity index (χ4v) is 3.65. The third-order valence-electron chi connectivity index (χ3n) is 5.32. The van der Waals surface area contributed by atoms with Crippen LogP contribution < -0.4 is 0 Å². The largest absolute Gasteiger partial charge is 0.386 e. The highest BCUT2D eigenvalue weighted by atomic mass is 16.3. The van der Waals surface area contributed by atoms with Gasteiger partial charge in [0.25, 0.3) is 0 Å². The first-order chi connectivity index (χ1) is 13.1. The van der Waals surface area contributed by atoms with Gasteiger partial charge in [0.05, 0.1) is 30.2 Å². The van der Waals surface area contributed by atoms with Crippen molar-refractivity contribution >= 4 is 5.91 Å². The Bertz CT molecular complexity index is 787. The normalized spacial score (nSPS) is 18.3. The van der Waals surface area contributed by atoms with E-state index in [1.54, 1.807) is 6.20 Å². The molecule has 0 aromatic carbocycles. The summed E-state index contributed by atoms with van der Waals surface area (Å²) in [5.74, 6) is 0.481. The molecular formula is C20H27N5O2. The Morgan fingerprint density at radius 1 is 1.37 bits per heavy atom. The number of carbonyl (C=O) groups excluding carboxylic acids is 1. The second-order valence-corrected chi connectivity index (χ2v) is 7.73. The van der Waals surface area contributed by atoms with Gasteiger partial charge in [0.1, 0.15) is 6.10 Å². The predicted molar refractivity (Wildman–Crippen MR) is 101 cm³/mol. The number of aryl methyl sites for hydroxylation is 1. The van der Waals surface area contributed by atoms with E-state index in [0.29, 0.717) is 25.6 Å². The summed E-state index contributed by atoms with van der Waals surface area (Å²) >= 11 is 0. The number of aliphatic hydroxyl groups excluding tert-OH is 1. The number of pyridine rings is 1. The summed E-state index contributed by atoms with van der Waals surface area (Å²) in [6.07, 6.45) is 4.35. The Balaban J connectivity index is 1.38. The van der Waals surface area contributed by atoms with Gasteiger partial charge >= 0.3 is 0 Å². The van der Waals surface area contributed by atoms with Gasteiger partial charge in [-0.1, -0.05) is 6.07 Å². The number of aliphatic hydroxyl groups is 1. The highest BCUT2D eigenvalue weighted by Crippen LogP contribution is 2.40. The number of rotatable bonds is 6. The number of amides is 1. The van der Waals surface area contributed by atoms with Crippen molar-refractivity contribution < 1.29 is 9.90 Å². The van der Waals surface area contributed by atoms with Gasteiger partial charge in [-0.25, -0.2) is 0 Å². The van der Waals surface area contributed by atoms with Crippen molar-refractivity contribution in [3.8, 4) is 0 Å². The first-order valence-corrected chi connectivity index (χ1v) is 9.71. The van der Waals surface area contributed by atoms with E-state index in [1.807, 2.05) is 45.8 Å². The molecule has 144 valence electrons. The third-order valence-corrected chi connectivity index (χ3v) is 5.32. The lowest BCUT2D eigenvalue weighted by Crippen LogP contribution is -2.38. The van der Waals surface area contributed by atoms with Crippen molar-refractivity contribution in [3.05, 3.63) is 47.5 Å². The molecule has 3 heterocycles. The lowest BCUT2D eigenvalue weighted by molar-refractivity contribution is -0.132. The molecule has 2 aromatic heterocycles. The van der Waals surface area contributed by atoms with Crippen LogP contribution >= 0.6 is 0 Å². The van der Waals surface area contributed by atoms with E-state index in [2.05, 4.69) is 10.1 Å². The third kappa shape index (κ3) is 4.36. The maximum Gasteiger partial charge on any atom is 0.237 e. The molecule has 1 aliphatic heterocycles. The number of carbonyl (C=O) groups is 1. The van der Waals surface area contributed by atoms with Crippen LogP contribution in [0.4, 0.5) is 0 Å². The van der Waals surface area contributed by atoms with Crippen LogP contribution in [0.25, 0.3) is 0 Å². The molecule has 1 aliphatic carbocycles. The summed E-state index contributed by atoms with van der Waals surface area (Å²) in [6, 6.07) is 7.80. The topological polar surface area (TPSA) is 74.5 Å². The van der Waals surface area contributed by atoms with Crippen LogP contribution in [-0.2, 0) is 24.4 Å². The Labute approximate surface area is 159 Å². The van der Waals surface area contributed by atoms with Gasteiger partial charge in [-0.2, -0.15) is 5.10 Å². The molecule has 27 heavy (non-hydrogen) atoms. The summed E-state index contributed by atoms with van der Waals surface area (Å²) in [5.41, 5.74) is 2.73. The minimum Gasteiger partial charge on any atom is -0.386 e. The van der Waals surface area contributed by atoms with Gasteiger partial charge in [0, 0.05) is 25.8 Å². The van der Waals surface area contributed by atoms with Crippen molar-refractivity contribution in [2.24, 2.45) is 5.92 Å². The van der Waals surface area contributed by atoms with Crippen LogP contribution in [0.1, 0.15) is 42.4 Å². The second kappa shape index (κ2) is 7.78. The Morgan fingerprint density at radius 3 is 2.96 bits per heavy atom. The number of hydrogen-bond donors (Lipinski definition) is 1. The molecule has 1 atom stereocenters. The zero-order chi connectivity index (χ0) is 18.8. The average molecular weight is 369 g/mol. The smallest absolute Gasteiger partial charge is 0.237 e. The number of hydrogen-bond acceptors (Lipinski definition) is 5. The molecule has 7 heteroatoms. The molecule has 0 spiro atoms.